The van der Waals surface area contributed by atoms with E-state index in [2.05, 4.69) is 10.5 Å². The third-order valence-corrected chi connectivity index (χ3v) is 3.97. The van der Waals surface area contributed by atoms with Crippen LogP contribution in [-0.4, -0.2) is 28.3 Å². The van der Waals surface area contributed by atoms with E-state index in [4.69, 9.17) is 10.9 Å². The van der Waals surface area contributed by atoms with Gasteiger partial charge in [-0.3, -0.25) is 0 Å². The molecule has 1 aromatic carbocycles. The Morgan fingerprint density at radius 1 is 1.40 bits per heavy atom. The van der Waals surface area contributed by atoms with E-state index in [1.165, 1.54) is 6.07 Å². The first-order valence-corrected chi connectivity index (χ1v) is 6.72. The largest absolute Gasteiger partial charge is 0.409 e. The van der Waals surface area contributed by atoms with Gasteiger partial charge in [0.05, 0.1) is 6.61 Å². The molecule has 0 radical (unpaired) electrons. The van der Waals surface area contributed by atoms with Gasteiger partial charge in [0.25, 0.3) is 0 Å². The first-order valence-electron chi connectivity index (χ1n) is 6.72. The van der Waals surface area contributed by atoms with Crippen LogP contribution < -0.4 is 11.1 Å². The number of nitrogens with one attached hydrogen (secondary N) is 1. The first-order chi connectivity index (χ1) is 9.60. The predicted octanol–water partition coefficient (Wildman–Crippen LogP) is 1.31. The number of hydrogen-bond acceptors (Lipinski definition) is 4. The van der Waals surface area contributed by atoms with Crippen molar-refractivity contribution in [3.05, 3.63) is 35.1 Å². The second-order valence-electron chi connectivity index (χ2n) is 5.29. The van der Waals surface area contributed by atoms with E-state index in [-0.39, 0.29) is 18.0 Å². The molecule has 2 rings (SSSR count). The molecule has 5 nitrogen and oxygen atoms in total. The van der Waals surface area contributed by atoms with Crippen molar-refractivity contribution >= 4 is 5.84 Å². The predicted molar refractivity (Wildman–Crippen MR) is 74.0 cm³/mol. The number of oxime groups is 1. The molecule has 0 spiro atoms. The molecule has 1 aliphatic rings. The number of nitrogens with zero attached hydrogens (tertiary/aromatic N) is 1. The summed E-state index contributed by atoms with van der Waals surface area (Å²) in [5.74, 6) is -0.529. The summed E-state index contributed by atoms with van der Waals surface area (Å²) in [6, 6.07) is 4.46. The quantitative estimate of drug-likeness (QED) is 0.283. The Hall–Kier alpha value is -1.66. The van der Waals surface area contributed by atoms with Gasteiger partial charge < -0.3 is 21.4 Å². The lowest BCUT2D eigenvalue weighted by Gasteiger charge is -2.28. The summed E-state index contributed by atoms with van der Waals surface area (Å²) in [5.41, 5.74) is 5.97. The van der Waals surface area contributed by atoms with Crippen LogP contribution in [0, 0.1) is 5.82 Å². The second-order valence-corrected chi connectivity index (χ2v) is 5.29. The number of amidine groups is 1. The Morgan fingerprint density at radius 2 is 2.10 bits per heavy atom. The maximum Gasteiger partial charge on any atom is 0.170 e. The lowest BCUT2D eigenvalue weighted by molar-refractivity contribution is 0.162. The fourth-order valence-electron chi connectivity index (χ4n) is 2.63. The van der Waals surface area contributed by atoms with Gasteiger partial charge in [0, 0.05) is 23.2 Å². The van der Waals surface area contributed by atoms with Crippen molar-refractivity contribution in [2.45, 2.75) is 37.8 Å². The van der Waals surface area contributed by atoms with Crippen LogP contribution in [0.5, 0.6) is 0 Å². The van der Waals surface area contributed by atoms with Crippen LogP contribution >= 0.6 is 0 Å². The number of nitrogens with two attached hydrogens (primary N) is 1. The molecule has 5 N–H and O–H groups in total. The van der Waals surface area contributed by atoms with Gasteiger partial charge in [0.15, 0.2) is 5.84 Å². The normalized spacial score (nSPS) is 18.4. The highest BCUT2D eigenvalue weighted by atomic mass is 19.1. The van der Waals surface area contributed by atoms with E-state index < -0.39 is 5.82 Å². The molecule has 0 saturated heterocycles. The Kier molecular flexibility index (Phi) is 4.57. The fraction of sp³-hybridized carbons (Fsp3) is 0.500. The number of hydrogen-bond donors (Lipinski definition) is 4. The van der Waals surface area contributed by atoms with Gasteiger partial charge in [0.2, 0.25) is 0 Å². The minimum absolute atomic E-state index is 0.0663. The standard InChI is InChI=1S/C14H20FN3O2/c15-12-7-10(13(16)18-20)3-4-11(12)8-17-14(9-19)5-1-2-6-14/h3-4,7,17,19-20H,1-2,5-6,8-9H2,(H2,16,18). The highest BCUT2D eigenvalue weighted by Crippen LogP contribution is 2.29. The third-order valence-electron chi connectivity index (χ3n) is 3.97. The van der Waals surface area contributed by atoms with Crippen LogP contribution in [0.4, 0.5) is 4.39 Å². The molecule has 0 amide bonds. The van der Waals surface area contributed by atoms with Gasteiger partial charge in [-0.25, -0.2) is 4.39 Å². The smallest absolute Gasteiger partial charge is 0.170 e. The lowest BCUT2D eigenvalue weighted by Crippen LogP contribution is -2.45. The maximum atomic E-state index is 14.0. The molecule has 0 unspecified atom stereocenters. The molecular formula is C14H20FN3O2. The number of aliphatic hydroxyl groups is 1. The molecule has 20 heavy (non-hydrogen) atoms. The van der Waals surface area contributed by atoms with Gasteiger partial charge in [-0.15, -0.1) is 0 Å². The van der Waals surface area contributed by atoms with Crippen molar-refractivity contribution in [1.29, 1.82) is 0 Å². The average molecular weight is 281 g/mol. The van der Waals surface area contributed by atoms with Crippen LogP contribution in [0.2, 0.25) is 0 Å². The zero-order valence-electron chi connectivity index (χ0n) is 11.3. The van der Waals surface area contributed by atoms with E-state index in [0.29, 0.717) is 17.7 Å². The van der Waals surface area contributed by atoms with Crippen molar-refractivity contribution < 1.29 is 14.7 Å². The monoisotopic (exact) mass is 281 g/mol. The van der Waals surface area contributed by atoms with E-state index in [0.717, 1.165) is 25.7 Å². The van der Waals surface area contributed by atoms with Crippen molar-refractivity contribution in [2.24, 2.45) is 10.9 Å². The summed E-state index contributed by atoms with van der Waals surface area (Å²) in [4.78, 5) is 0. The highest BCUT2D eigenvalue weighted by Gasteiger charge is 2.32. The molecule has 6 heteroatoms. The van der Waals surface area contributed by atoms with E-state index in [1.807, 2.05) is 0 Å². The summed E-state index contributed by atoms with van der Waals surface area (Å²) in [5, 5.41) is 24.2. The first kappa shape index (κ1) is 14.7. The molecule has 0 bridgehead atoms. The van der Waals surface area contributed by atoms with Crippen LogP contribution in [0.15, 0.2) is 23.4 Å². The summed E-state index contributed by atoms with van der Waals surface area (Å²) in [7, 11) is 0. The fourth-order valence-corrected chi connectivity index (χ4v) is 2.63. The molecule has 0 aliphatic heterocycles. The zero-order chi connectivity index (χ0) is 14.6. The van der Waals surface area contributed by atoms with Crippen LogP contribution in [-0.2, 0) is 6.54 Å². The summed E-state index contributed by atoms with van der Waals surface area (Å²) in [6.07, 6.45) is 3.98. The minimum atomic E-state index is -0.410. The molecule has 0 aromatic heterocycles. The van der Waals surface area contributed by atoms with Crippen molar-refractivity contribution in [1.82, 2.24) is 5.32 Å². The second kappa shape index (κ2) is 6.19. The molecular weight excluding hydrogens is 261 g/mol. The zero-order valence-corrected chi connectivity index (χ0v) is 11.3. The van der Waals surface area contributed by atoms with E-state index in [9.17, 15) is 9.50 Å². The molecule has 0 atom stereocenters. The number of aliphatic hydroxyl groups excluding tert-OH is 1. The average Bonchev–Trinajstić information content (AvgIpc) is 2.94. The summed E-state index contributed by atoms with van der Waals surface area (Å²) >= 11 is 0. The van der Waals surface area contributed by atoms with E-state index in [1.54, 1.807) is 12.1 Å². The number of rotatable bonds is 5. The van der Waals surface area contributed by atoms with Crippen LogP contribution in [0.3, 0.4) is 0 Å². The van der Waals surface area contributed by atoms with Gasteiger partial charge in [-0.05, 0) is 18.9 Å². The van der Waals surface area contributed by atoms with Gasteiger partial charge in [-0.1, -0.05) is 30.1 Å². The van der Waals surface area contributed by atoms with Gasteiger partial charge in [0.1, 0.15) is 5.82 Å². The summed E-state index contributed by atoms with van der Waals surface area (Å²) in [6.45, 7) is 0.416. The van der Waals surface area contributed by atoms with Gasteiger partial charge in [-0.2, -0.15) is 0 Å². The third kappa shape index (κ3) is 3.08. The Labute approximate surface area is 117 Å². The topological polar surface area (TPSA) is 90.9 Å². The van der Waals surface area contributed by atoms with Crippen molar-refractivity contribution in [2.75, 3.05) is 6.61 Å². The SMILES string of the molecule is NC(=NO)c1ccc(CNC2(CO)CCCC2)c(F)c1. The molecule has 1 saturated carbocycles. The Morgan fingerprint density at radius 3 is 2.65 bits per heavy atom. The van der Waals surface area contributed by atoms with Crippen LogP contribution in [0.25, 0.3) is 0 Å². The van der Waals surface area contributed by atoms with Crippen molar-refractivity contribution in [3.8, 4) is 0 Å². The lowest BCUT2D eigenvalue weighted by atomic mass is 9.98. The Balaban J connectivity index is 2.06. The Bertz CT molecular complexity index is 499. The minimum Gasteiger partial charge on any atom is -0.409 e. The maximum absolute atomic E-state index is 14.0. The highest BCUT2D eigenvalue weighted by molar-refractivity contribution is 5.97. The van der Waals surface area contributed by atoms with Crippen LogP contribution in [0.1, 0.15) is 36.8 Å². The van der Waals surface area contributed by atoms with Crippen molar-refractivity contribution in [3.63, 3.8) is 0 Å². The molecule has 1 aliphatic carbocycles. The molecule has 1 aromatic rings. The summed E-state index contributed by atoms with van der Waals surface area (Å²) < 4.78 is 14.0. The molecule has 1 fully saturated rings. The molecule has 0 heterocycles. The van der Waals surface area contributed by atoms with E-state index >= 15 is 0 Å². The van der Waals surface area contributed by atoms with Gasteiger partial charge >= 0.3 is 0 Å². The molecule has 110 valence electrons. The number of benzene rings is 1. The number of halogens is 1.